The van der Waals surface area contributed by atoms with E-state index in [-0.39, 0.29) is 13.0 Å². The van der Waals surface area contributed by atoms with Crippen LogP contribution in [0.1, 0.15) is 28.7 Å². The Morgan fingerprint density at radius 1 is 1.29 bits per heavy atom. The highest BCUT2D eigenvalue weighted by molar-refractivity contribution is 6.31. The Hall–Kier alpha value is -1.96. The van der Waals surface area contributed by atoms with Gasteiger partial charge in [0.15, 0.2) is 11.6 Å². The molecule has 2 N–H and O–H groups in total. The maximum Gasteiger partial charge on any atom is 0.199 e. The maximum absolute atomic E-state index is 12.0. The van der Waals surface area contributed by atoms with Gasteiger partial charge in [0.25, 0.3) is 0 Å². The first kappa shape index (κ1) is 19.4. The molecule has 2 aliphatic rings. The summed E-state index contributed by atoms with van der Waals surface area (Å²) in [6.07, 6.45) is -1.79. The molecule has 1 spiro atoms. The summed E-state index contributed by atoms with van der Waals surface area (Å²) in [5.41, 5.74) is 3.53. The molecule has 3 atom stereocenters. The van der Waals surface area contributed by atoms with Crippen LogP contribution < -0.4 is 4.74 Å². The molecule has 0 radical (unpaired) electrons. The van der Waals surface area contributed by atoms with Crippen LogP contribution in [0.15, 0.2) is 36.4 Å². The molecule has 0 aliphatic carbocycles. The van der Waals surface area contributed by atoms with Crippen molar-refractivity contribution in [3.63, 3.8) is 0 Å². The Morgan fingerprint density at radius 2 is 2.04 bits per heavy atom. The molecule has 1 saturated heterocycles. The van der Waals surface area contributed by atoms with E-state index in [9.17, 15) is 15.0 Å². The second-order valence-corrected chi connectivity index (χ2v) is 7.49. The lowest BCUT2D eigenvalue weighted by atomic mass is 9.89. The second kappa shape index (κ2) is 7.46. The lowest BCUT2D eigenvalue weighted by molar-refractivity contribution is -0.288. The zero-order chi connectivity index (χ0) is 19.9. The number of aliphatic hydroxyl groups excluding tert-OH is 2. The minimum absolute atomic E-state index is 0.0149. The molecule has 148 valence electrons. The van der Waals surface area contributed by atoms with Crippen LogP contribution in [-0.4, -0.2) is 41.9 Å². The number of hydrogen-bond donors (Lipinski definition) is 2. The number of rotatable bonds is 4. The summed E-state index contributed by atoms with van der Waals surface area (Å²) in [5, 5.41) is 20.3. The zero-order valence-corrected chi connectivity index (χ0v) is 16.1. The van der Waals surface area contributed by atoms with Gasteiger partial charge >= 0.3 is 0 Å². The van der Waals surface area contributed by atoms with Crippen LogP contribution in [0, 0.1) is 0 Å². The molecule has 2 heterocycles. The van der Waals surface area contributed by atoms with Gasteiger partial charge < -0.3 is 24.4 Å². The largest absolute Gasteiger partial charge is 0.497 e. The Bertz CT molecular complexity index is 897. The molecule has 1 unspecified atom stereocenters. The number of methoxy groups -OCH3 is 1. The fourth-order valence-electron chi connectivity index (χ4n) is 3.80. The van der Waals surface area contributed by atoms with Crippen LogP contribution in [0.25, 0.3) is 0 Å². The summed E-state index contributed by atoms with van der Waals surface area (Å²) in [6.45, 7) is -0.250. The SMILES string of the molecule is COc1ccc(Cc2cc3c(cc2Cl)COC32C[C@@H](O)C(=O)[C@@H](CO)O2)cc1. The minimum atomic E-state index is -1.25. The maximum atomic E-state index is 12.0. The Kier molecular flexibility index (Phi) is 5.16. The number of ketones is 1. The molecule has 0 aromatic heterocycles. The summed E-state index contributed by atoms with van der Waals surface area (Å²) < 4.78 is 16.9. The molecule has 2 aliphatic heterocycles. The molecular formula is C21H21ClO6. The molecule has 2 aromatic rings. The van der Waals surface area contributed by atoms with Crippen LogP contribution in [0.3, 0.4) is 0 Å². The van der Waals surface area contributed by atoms with E-state index in [1.54, 1.807) is 7.11 Å². The van der Waals surface area contributed by atoms with Crippen molar-refractivity contribution in [2.75, 3.05) is 13.7 Å². The van der Waals surface area contributed by atoms with E-state index in [1.807, 2.05) is 36.4 Å². The molecule has 2 aromatic carbocycles. The fourth-order valence-corrected chi connectivity index (χ4v) is 4.06. The van der Waals surface area contributed by atoms with Crippen molar-refractivity contribution < 1.29 is 29.2 Å². The number of carbonyl (C=O) groups excluding carboxylic acids is 1. The number of fused-ring (bicyclic) bond motifs is 2. The minimum Gasteiger partial charge on any atom is -0.497 e. The van der Waals surface area contributed by atoms with Crippen molar-refractivity contribution in [1.82, 2.24) is 0 Å². The Balaban J connectivity index is 1.67. The van der Waals surface area contributed by atoms with Gasteiger partial charge in [-0.25, -0.2) is 0 Å². The molecule has 0 bridgehead atoms. The summed E-state index contributed by atoms with van der Waals surface area (Å²) in [5.74, 6) is -1.01. The van der Waals surface area contributed by atoms with Gasteiger partial charge in [-0.2, -0.15) is 0 Å². The predicted octanol–water partition coefficient (Wildman–Crippen LogP) is 2.33. The summed E-state index contributed by atoms with van der Waals surface area (Å²) >= 11 is 6.49. The third-order valence-electron chi connectivity index (χ3n) is 5.30. The fraction of sp³-hybridized carbons (Fsp3) is 0.381. The van der Waals surface area contributed by atoms with Crippen molar-refractivity contribution in [2.45, 2.75) is 37.4 Å². The van der Waals surface area contributed by atoms with E-state index >= 15 is 0 Å². The van der Waals surface area contributed by atoms with Crippen LogP contribution in [-0.2, 0) is 33.1 Å². The third-order valence-corrected chi connectivity index (χ3v) is 5.66. The highest BCUT2D eigenvalue weighted by Crippen LogP contribution is 2.46. The van der Waals surface area contributed by atoms with E-state index in [0.29, 0.717) is 11.4 Å². The Labute approximate surface area is 167 Å². The predicted molar refractivity (Wildman–Crippen MR) is 101 cm³/mol. The smallest absolute Gasteiger partial charge is 0.199 e. The lowest BCUT2D eigenvalue weighted by Crippen LogP contribution is -2.51. The van der Waals surface area contributed by atoms with Gasteiger partial charge in [0.2, 0.25) is 0 Å². The third kappa shape index (κ3) is 3.32. The average molecular weight is 405 g/mol. The Morgan fingerprint density at radius 3 is 2.71 bits per heavy atom. The number of halogens is 1. The first-order valence-electron chi connectivity index (χ1n) is 9.05. The molecule has 0 saturated carbocycles. The van der Waals surface area contributed by atoms with Gasteiger partial charge in [0.1, 0.15) is 18.0 Å². The van der Waals surface area contributed by atoms with Crippen molar-refractivity contribution in [3.05, 3.63) is 63.7 Å². The number of carbonyl (C=O) groups is 1. The molecule has 28 heavy (non-hydrogen) atoms. The molecule has 0 amide bonds. The number of benzene rings is 2. The topological polar surface area (TPSA) is 85.2 Å². The van der Waals surface area contributed by atoms with E-state index in [4.69, 9.17) is 25.8 Å². The molecular weight excluding hydrogens is 384 g/mol. The number of Topliss-reactive ketones (excluding diaryl/α,β-unsaturated/α-hetero) is 1. The van der Waals surface area contributed by atoms with Gasteiger partial charge in [-0.3, -0.25) is 4.79 Å². The number of aliphatic hydroxyl groups is 2. The van der Waals surface area contributed by atoms with Crippen molar-refractivity contribution >= 4 is 17.4 Å². The zero-order valence-electron chi connectivity index (χ0n) is 15.4. The van der Waals surface area contributed by atoms with Gasteiger partial charge in [-0.15, -0.1) is 0 Å². The van der Waals surface area contributed by atoms with Crippen molar-refractivity contribution in [3.8, 4) is 5.75 Å². The highest BCUT2D eigenvalue weighted by atomic mass is 35.5. The van der Waals surface area contributed by atoms with Crippen LogP contribution >= 0.6 is 11.6 Å². The number of hydrogen-bond acceptors (Lipinski definition) is 6. The van der Waals surface area contributed by atoms with Gasteiger partial charge in [0.05, 0.1) is 20.3 Å². The van der Waals surface area contributed by atoms with Crippen LogP contribution in [0.5, 0.6) is 5.75 Å². The van der Waals surface area contributed by atoms with Crippen molar-refractivity contribution in [2.24, 2.45) is 0 Å². The van der Waals surface area contributed by atoms with Crippen LogP contribution in [0.4, 0.5) is 0 Å². The summed E-state index contributed by atoms with van der Waals surface area (Å²) in [6, 6.07) is 11.5. The normalized spacial score (nSPS) is 26.5. The van der Waals surface area contributed by atoms with E-state index < -0.39 is 30.4 Å². The molecule has 6 nitrogen and oxygen atoms in total. The first-order chi connectivity index (χ1) is 13.5. The van der Waals surface area contributed by atoms with E-state index in [2.05, 4.69) is 0 Å². The monoisotopic (exact) mass is 404 g/mol. The summed E-state index contributed by atoms with van der Waals surface area (Å²) in [4.78, 5) is 12.0. The molecule has 1 fully saturated rings. The van der Waals surface area contributed by atoms with E-state index in [0.717, 1.165) is 28.0 Å². The van der Waals surface area contributed by atoms with Crippen molar-refractivity contribution in [1.29, 1.82) is 0 Å². The average Bonchev–Trinajstić information content (AvgIpc) is 3.02. The quantitative estimate of drug-likeness (QED) is 0.813. The lowest BCUT2D eigenvalue weighted by Gasteiger charge is -2.39. The van der Waals surface area contributed by atoms with Gasteiger partial charge in [-0.05, 0) is 47.4 Å². The molecule has 7 heteroatoms. The summed E-state index contributed by atoms with van der Waals surface area (Å²) in [7, 11) is 1.62. The van der Waals surface area contributed by atoms with Gasteiger partial charge in [-0.1, -0.05) is 23.7 Å². The standard InChI is InChI=1S/C21H21ClO6/c1-26-15-4-2-12(3-5-15)6-13-7-16-14(8-17(13)22)11-27-21(16)9-18(24)20(25)19(10-23)28-21/h2-5,7-8,18-19,23-24H,6,9-11H2,1H3/t18-,19-,21?/m1/s1. The van der Waals surface area contributed by atoms with E-state index in [1.165, 1.54) is 0 Å². The van der Waals surface area contributed by atoms with Gasteiger partial charge in [0, 0.05) is 17.0 Å². The second-order valence-electron chi connectivity index (χ2n) is 7.08. The highest BCUT2D eigenvalue weighted by Gasteiger charge is 2.51. The number of ether oxygens (including phenoxy) is 3. The first-order valence-corrected chi connectivity index (χ1v) is 9.42. The van der Waals surface area contributed by atoms with Crippen LogP contribution in [0.2, 0.25) is 5.02 Å². The molecule has 4 rings (SSSR count).